The summed E-state index contributed by atoms with van der Waals surface area (Å²) in [5.74, 6) is 0.340. The number of hydrogen-bond acceptors (Lipinski definition) is 2. The molecule has 0 fully saturated rings. The van der Waals surface area contributed by atoms with Crippen LogP contribution in [0.15, 0.2) is 12.7 Å². The Hall–Kier alpha value is -0.790. The van der Waals surface area contributed by atoms with E-state index in [4.69, 9.17) is 4.74 Å². The molecule has 0 aromatic heterocycles. The van der Waals surface area contributed by atoms with Crippen molar-refractivity contribution in [3.05, 3.63) is 12.7 Å². The summed E-state index contributed by atoms with van der Waals surface area (Å²) in [6, 6.07) is 0. The highest BCUT2D eigenvalue weighted by Crippen LogP contribution is 2.13. The van der Waals surface area contributed by atoms with Crippen molar-refractivity contribution >= 4 is 5.97 Å². The third-order valence-corrected chi connectivity index (χ3v) is 2.57. The van der Waals surface area contributed by atoms with Gasteiger partial charge in [-0.2, -0.15) is 0 Å². The van der Waals surface area contributed by atoms with Crippen molar-refractivity contribution in [1.29, 1.82) is 0 Å². The first-order valence-electron chi connectivity index (χ1n) is 5.99. The zero-order valence-electron chi connectivity index (χ0n) is 10.1. The molecule has 0 radical (unpaired) electrons. The van der Waals surface area contributed by atoms with Crippen LogP contribution in [-0.2, 0) is 9.53 Å². The van der Waals surface area contributed by atoms with Crippen molar-refractivity contribution in [3.8, 4) is 0 Å². The fourth-order valence-corrected chi connectivity index (χ4v) is 1.48. The van der Waals surface area contributed by atoms with Gasteiger partial charge in [0.2, 0.25) is 0 Å². The van der Waals surface area contributed by atoms with Gasteiger partial charge in [-0.1, -0.05) is 52.5 Å². The normalized spacial score (nSPS) is 12.1. The highest BCUT2D eigenvalue weighted by atomic mass is 16.5. The molecule has 0 bridgehead atoms. The Kier molecular flexibility index (Phi) is 9.24. The van der Waals surface area contributed by atoms with E-state index in [1.807, 2.05) is 0 Å². The van der Waals surface area contributed by atoms with Gasteiger partial charge in [-0.05, 0) is 12.3 Å². The van der Waals surface area contributed by atoms with Gasteiger partial charge in [-0.3, -0.25) is 0 Å². The lowest BCUT2D eigenvalue weighted by molar-refractivity contribution is -0.138. The SMILES string of the molecule is C=CC(=O)OCCC(C)CCCCCC. The van der Waals surface area contributed by atoms with Gasteiger partial charge in [0.1, 0.15) is 0 Å². The lowest BCUT2D eigenvalue weighted by Crippen LogP contribution is -2.06. The maximum Gasteiger partial charge on any atom is 0.330 e. The molecule has 0 heterocycles. The maximum absolute atomic E-state index is 10.8. The molecule has 0 aliphatic heterocycles. The summed E-state index contributed by atoms with van der Waals surface area (Å²) >= 11 is 0. The maximum atomic E-state index is 10.8. The summed E-state index contributed by atoms with van der Waals surface area (Å²) in [5.41, 5.74) is 0. The fourth-order valence-electron chi connectivity index (χ4n) is 1.48. The number of unbranched alkanes of at least 4 members (excludes halogenated alkanes) is 3. The van der Waals surface area contributed by atoms with E-state index in [1.165, 1.54) is 38.2 Å². The van der Waals surface area contributed by atoms with Crippen molar-refractivity contribution in [2.45, 2.75) is 52.4 Å². The van der Waals surface area contributed by atoms with Crippen molar-refractivity contribution < 1.29 is 9.53 Å². The Labute approximate surface area is 93.7 Å². The van der Waals surface area contributed by atoms with E-state index in [-0.39, 0.29) is 5.97 Å². The Bertz CT molecular complexity index is 175. The molecule has 0 aromatic carbocycles. The second-order valence-corrected chi connectivity index (χ2v) is 4.11. The van der Waals surface area contributed by atoms with Gasteiger partial charge in [0.05, 0.1) is 6.61 Å². The summed E-state index contributed by atoms with van der Waals surface area (Å²) in [5, 5.41) is 0. The van der Waals surface area contributed by atoms with E-state index in [0.717, 1.165) is 6.42 Å². The van der Waals surface area contributed by atoms with Crippen LogP contribution in [0.4, 0.5) is 0 Å². The van der Waals surface area contributed by atoms with Crippen LogP contribution in [0.2, 0.25) is 0 Å². The minimum absolute atomic E-state index is 0.312. The zero-order chi connectivity index (χ0) is 11.5. The summed E-state index contributed by atoms with van der Waals surface area (Å²) in [4.78, 5) is 10.8. The van der Waals surface area contributed by atoms with E-state index in [0.29, 0.717) is 12.5 Å². The van der Waals surface area contributed by atoms with Crippen LogP contribution in [0, 0.1) is 5.92 Å². The number of esters is 1. The van der Waals surface area contributed by atoms with Crippen molar-refractivity contribution in [2.24, 2.45) is 5.92 Å². The highest BCUT2D eigenvalue weighted by Gasteiger charge is 2.03. The molecule has 0 saturated carbocycles. The van der Waals surface area contributed by atoms with Gasteiger partial charge in [0.15, 0.2) is 0 Å². The minimum atomic E-state index is -0.312. The first kappa shape index (κ1) is 14.2. The standard InChI is InChI=1S/C13H24O2/c1-4-6-7-8-9-12(3)10-11-15-13(14)5-2/h5,12H,2,4,6-11H2,1,3H3. The Morgan fingerprint density at radius 2 is 2.07 bits per heavy atom. The predicted octanol–water partition coefficient (Wildman–Crippen LogP) is 3.71. The molecule has 15 heavy (non-hydrogen) atoms. The van der Waals surface area contributed by atoms with Crippen molar-refractivity contribution in [2.75, 3.05) is 6.61 Å². The Balaban J connectivity index is 3.29. The molecule has 0 N–H and O–H groups in total. The Morgan fingerprint density at radius 1 is 1.33 bits per heavy atom. The summed E-state index contributed by atoms with van der Waals surface area (Å²) in [6.07, 6.45) is 8.66. The molecule has 1 unspecified atom stereocenters. The lowest BCUT2D eigenvalue weighted by atomic mass is 10.00. The molecule has 0 spiro atoms. The van der Waals surface area contributed by atoms with Gasteiger partial charge < -0.3 is 4.74 Å². The average molecular weight is 212 g/mol. The van der Waals surface area contributed by atoms with Crippen molar-refractivity contribution in [3.63, 3.8) is 0 Å². The van der Waals surface area contributed by atoms with Gasteiger partial charge in [0.25, 0.3) is 0 Å². The minimum Gasteiger partial charge on any atom is -0.463 e. The first-order valence-corrected chi connectivity index (χ1v) is 5.99. The summed E-state index contributed by atoms with van der Waals surface area (Å²) in [7, 11) is 0. The molecule has 2 heteroatoms. The van der Waals surface area contributed by atoms with Crippen LogP contribution >= 0.6 is 0 Å². The van der Waals surface area contributed by atoms with Gasteiger partial charge >= 0.3 is 5.97 Å². The van der Waals surface area contributed by atoms with E-state index in [1.54, 1.807) is 0 Å². The molecular formula is C13H24O2. The van der Waals surface area contributed by atoms with Crippen LogP contribution in [0.3, 0.4) is 0 Å². The van der Waals surface area contributed by atoms with E-state index < -0.39 is 0 Å². The van der Waals surface area contributed by atoms with Gasteiger partial charge in [-0.15, -0.1) is 0 Å². The topological polar surface area (TPSA) is 26.3 Å². The first-order chi connectivity index (χ1) is 7.20. The van der Waals surface area contributed by atoms with Crippen LogP contribution in [0.25, 0.3) is 0 Å². The van der Waals surface area contributed by atoms with Crippen LogP contribution in [0.1, 0.15) is 52.4 Å². The smallest absolute Gasteiger partial charge is 0.330 e. The van der Waals surface area contributed by atoms with Crippen LogP contribution in [0.5, 0.6) is 0 Å². The van der Waals surface area contributed by atoms with E-state index in [2.05, 4.69) is 20.4 Å². The lowest BCUT2D eigenvalue weighted by Gasteiger charge is -2.10. The molecule has 88 valence electrons. The Morgan fingerprint density at radius 3 is 2.67 bits per heavy atom. The summed E-state index contributed by atoms with van der Waals surface area (Å²) < 4.78 is 4.93. The fraction of sp³-hybridized carbons (Fsp3) is 0.769. The molecule has 0 amide bonds. The summed E-state index contributed by atoms with van der Waals surface area (Å²) in [6.45, 7) is 8.32. The molecule has 0 aromatic rings. The molecular weight excluding hydrogens is 188 g/mol. The third kappa shape index (κ3) is 9.51. The second-order valence-electron chi connectivity index (χ2n) is 4.11. The molecule has 2 nitrogen and oxygen atoms in total. The van der Waals surface area contributed by atoms with Crippen molar-refractivity contribution in [1.82, 2.24) is 0 Å². The van der Waals surface area contributed by atoms with Gasteiger partial charge in [0, 0.05) is 6.08 Å². The number of rotatable bonds is 9. The molecule has 0 aliphatic rings. The number of carbonyl (C=O) groups is 1. The van der Waals surface area contributed by atoms with E-state index in [9.17, 15) is 4.79 Å². The molecule has 1 atom stereocenters. The zero-order valence-corrected chi connectivity index (χ0v) is 10.1. The predicted molar refractivity (Wildman–Crippen MR) is 63.7 cm³/mol. The molecule has 0 aliphatic carbocycles. The second kappa shape index (κ2) is 9.75. The monoisotopic (exact) mass is 212 g/mol. The number of ether oxygens (including phenoxy) is 1. The largest absolute Gasteiger partial charge is 0.463 e. The van der Waals surface area contributed by atoms with Crippen LogP contribution < -0.4 is 0 Å². The van der Waals surface area contributed by atoms with E-state index >= 15 is 0 Å². The number of carbonyl (C=O) groups excluding carboxylic acids is 1. The quantitative estimate of drug-likeness (QED) is 0.331. The number of hydrogen-bond donors (Lipinski definition) is 0. The molecule has 0 rings (SSSR count). The highest BCUT2D eigenvalue weighted by molar-refractivity contribution is 5.81. The third-order valence-electron chi connectivity index (χ3n) is 2.57. The van der Waals surface area contributed by atoms with Crippen LogP contribution in [-0.4, -0.2) is 12.6 Å². The van der Waals surface area contributed by atoms with Gasteiger partial charge in [-0.25, -0.2) is 4.79 Å². The molecule has 0 saturated heterocycles. The average Bonchev–Trinajstić information content (AvgIpc) is 2.24.